The van der Waals surface area contributed by atoms with Gasteiger partial charge in [0.2, 0.25) is 0 Å². The molecule has 0 fully saturated rings. The zero-order valence-corrected chi connectivity index (χ0v) is 7.75. The van der Waals surface area contributed by atoms with Crippen LogP contribution in [0.1, 0.15) is 18.2 Å². The van der Waals surface area contributed by atoms with E-state index in [9.17, 15) is 18.3 Å². The summed E-state index contributed by atoms with van der Waals surface area (Å²) in [5.41, 5.74) is -1.80. The zero-order valence-electron chi connectivity index (χ0n) is 6.93. The van der Waals surface area contributed by atoms with Gasteiger partial charge in [0, 0.05) is 4.88 Å². The van der Waals surface area contributed by atoms with Crippen LogP contribution in [0.15, 0.2) is 17.5 Å². The van der Waals surface area contributed by atoms with E-state index in [1.807, 2.05) is 0 Å². The lowest BCUT2D eigenvalue weighted by atomic mass is 10.0. The summed E-state index contributed by atoms with van der Waals surface area (Å²) in [7, 11) is 0. The second-order valence-corrected chi connectivity index (χ2v) is 3.99. The lowest BCUT2D eigenvalue weighted by molar-refractivity contribution is -0.173. The minimum Gasteiger partial charge on any atom is -0.384 e. The van der Waals surface area contributed by atoms with Crippen molar-refractivity contribution in [3.63, 3.8) is 0 Å². The molecule has 1 rings (SSSR count). The first-order chi connectivity index (χ1) is 5.81. The summed E-state index contributed by atoms with van der Waals surface area (Å²) in [6, 6.07) is 3.11. The van der Waals surface area contributed by atoms with Gasteiger partial charge in [-0.1, -0.05) is 6.07 Å². The van der Waals surface area contributed by atoms with Crippen molar-refractivity contribution in [1.82, 2.24) is 0 Å². The molecule has 0 amide bonds. The van der Waals surface area contributed by atoms with E-state index in [-0.39, 0.29) is 0 Å². The molecule has 1 N–H and O–H groups in total. The SMILES string of the molecule is CC(O)(CC(F)(F)F)c1cccs1. The largest absolute Gasteiger partial charge is 0.392 e. The molecule has 1 aromatic heterocycles. The molecular weight excluding hydrogens is 201 g/mol. The summed E-state index contributed by atoms with van der Waals surface area (Å²) in [6.07, 6.45) is -5.55. The standard InChI is InChI=1S/C8H9F3OS/c1-7(12,5-8(9,10)11)6-3-2-4-13-6/h2-4,12H,5H2,1H3. The molecule has 74 valence electrons. The van der Waals surface area contributed by atoms with Crippen LogP contribution >= 0.6 is 11.3 Å². The predicted octanol–water partition coefficient (Wildman–Crippen LogP) is 2.91. The summed E-state index contributed by atoms with van der Waals surface area (Å²) < 4.78 is 36.0. The number of aliphatic hydroxyl groups is 1. The van der Waals surface area contributed by atoms with Gasteiger partial charge >= 0.3 is 6.18 Å². The van der Waals surface area contributed by atoms with Crippen LogP contribution in [-0.4, -0.2) is 11.3 Å². The summed E-state index contributed by atoms with van der Waals surface area (Å²) in [5.74, 6) is 0. The van der Waals surface area contributed by atoms with Gasteiger partial charge in [-0.15, -0.1) is 11.3 Å². The van der Waals surface area contributed by atoms with Gasteiger partial charge in [0.05, 0.1) is 6.42 Å². The first-order valence-corrected chi connectivity index (χ1v) is 4.52. The normalized spacial score (nSPS) is 17.0. The van der Waals surface area contributed by atoms with Gasteiger partial charge in [-0.3, -0.25) is 0 Å². The monoisotopic (exact) mass is 210 g/mol. The van der Waals surface area contributed by atoms with E-state index in [4.69, 9.17) is 0 Å². The maximum atomic E-state index is 12.0. The highest BCUT2D eigenvalue weighted by Crippen LogP contribution is 2.36. The fraction of sp³-hybridized carbons (Fsp3) is 0.500. The van der Waals surface area contributed by atoms with Crippen LogP contribution in [0.25, 0.3) is 0 Å². The van der Waals surface area contributed by atoms with Crippen LogP contribution in [0.5, 0.6) is 0 Å². The second kappa shape index (κ2) is 3.31. The Hall–Kier alpha value is -0.550. The maximum Gasteiger partial charge on any atom is 0.392 e. The van der Waals surface area contributed by atoms with Gasteiger partial charge < -0.3 is 5.11 Å². The van der Waals surface area contributed by atoms with Crippen LogP contribution in [0, 0.1) is 0 Å². The predicted molar refractivity (Wildman–Crippen MR) is 44.6 cm³/mol. The van der Waals surface area contributed by atoms with Crippen molar-refractivity contribution in [3.8, 4) is 0 Å². The van der Waals surface area contributed by atoms with Gasteiger partial charge in [-0.2, -0.15) is 13.2 Å². The molecule has 1 nitrogen and oxygen atoms in total. The molecule has 1 unspecified atom stereocenters. The Balaban J connectivity index is 2.78. The molecule has 0 spiro atoms. The molecule has 0 aliphatic carbocycles. The summed E-state index contributed by atoms with van der Waals surface area (Å²) in [5, 5.41) is 11.1. The van der Waals surface area contributed by atoms with E-state index in [1.54, 1.807) is 11.4 Å². The van der Waals surface area contributed by atoms with E-state index in [0.717, 1.165) is 11.3 Å². The fourth-order valence-corrected chi connectivity index (χ4v) is 1.85. The Morgan fingerprint density at radius 3 is 2.46 bits per heavy atom. The van der Waals surface area contributed by atoms with Crippen molar-refractivity contribution in [1.29, 1.82) is 0 Å². The van der Waals surface area contributed by atoms with Gasteiger partial charge in [-0.05, 0) is 18.4 Å². The number of hydrogen-bond acceptors (Lipinski definition) is 2. The van der Waals surface area contributed by atoms with Crippen LogP contribution in [0.3, 0.4) is 0 Å². The molecule has 1 atom stereocenters. The third-order valence-electron chi connectivity index (χ3n) is 1.60. The van der Waals surface area contributed by atoms with E-state index in [0.29, 0.717) is 4.88 Å². The third-order valence-corrected chi connectivity index (χ3v) is 2.72. The number of halogens is 3. The average molecular weight is 210 g/mol. The Morgan fingerprint density at radius 1 is 1.46 bits per heavy atom. The van der Waals surface area contributed by atoms with Crippen molar-refractivity contribution in [2.75, 3.05) is 0 Å². The van der Waals surface area contributed by atoms with Crippen LogP contribution < -0.4 is 0 Å². The Morgan fingerprint density at radius 2 is 2.08 bits per heavy atom. The first-order valence-electron chi connectivity index (χ1n) is 3.64. The molecule has 0 aliphatic rings. The molecule has 0 saturated heterocycles. The van der Waals surface area contributed by atoms with Gasteiger partial charge in [0.25, 0.3) is 0 Å². The average Bonchev–Trinajstić information content (AvgIpc) is 2.29. The number of alkyl halides is 3. The quantitative estimate of drug-likeness (QED) is 0.795. The zero-order chi connectivity index (χ0) is 10.1. The Kier molecular flexibility index (Phi) is 2.68. The van der Waals surface area contributed by atoms with E-state index >= 15 is 0 Å². The molecule has 0 aromatic carbocycles. The van der Waals surface area contributed by atoms with Gasteiger partial charge in [0.15, 0.2) is 0 Å². The highest BCUT2D eigenvalue weighted by Gasteiger charge is 2.39. The highest BCUT2D eigenvalue weighted by atomic mass is 32.1. The number of hydrogen-bond donors (Lipinski definition) is 1. The topological polar surface area (TPSA) is 20.2 Å². The molecule has 0 saturated carbocycles. The second-order valence-electron chi connectivity index (χ2n) is 3.04. The van der Waals surface area contributed by atoms with Crippen molar-refractivity contribution in [2.24, 2.45) is 0 Å². The van der Waals surface area contributed by atoms with Crippen LogP contribution in [0.4, 0.5) is 13.2 Å². The maximum absolute atomic E-state index is 12.0. The van der Waals surface area contributed by atoms with Crippen molar-refractivity contribution < 1.29 is 18.3 Å². The highest BCUT2D eigenvalue weighted by molar-refractivity contribution is 7.10. The first kappa shape index (κ1) is 10.5. The van der Waals surface area contributed by atoms with Crippen molar-refractivity contribution in [3.05, 3.63) is 22.4 Å². The van der Waals surface area contributed by atoms with E-state index in [1.165, 1.54) is 13.0 Å². The van der Waals surface area contributed by atoms with Gasteiger partial charge in [-0.25, -0.2) is 0 Å². The lowest BCUT2D eigenvalue weighted by Gasteiger charge is -2.22. The molecule has 0 bridgehead atoms. The molecule has 5 heteroatoms. The molecule has 0 radical (unpaired) electrons. The minimum absolute atomic E-state index is 0.338. The summed E-state index contributed by atoms with van der Waals surface area (Å²) in [6.45, 7) is 1.17. The van der Waals surface area contributed by atoms with Crippen LogP contribution in [-0.2, 0) is 5.60 Å². The number of thiophene rings is 1. The van der Waals surface area contributed by atoms with Crippen molar-refractivity contribution >= 4 is 11.3 Å². The third kappa shape index (κ3) is 3.00. The molecule has 1 heterocycles. The smallest absolute Gasteiger partial charge is 0.384 e. The minimum atomic E-state index is -4.34. The van der Waals surface area contributed by atoms with Crippen molar-refractivity contribution in [2.45, 2.75) is 25.1 Å². The molecular formula is C8H9F3OS. The van der Waals surface area contributed by atoms with Crippen LogP contribution in [0.2, 0.25) is 0 Å². The van der Waals surface area contributed by atoms with Gasteiger partial charge in [0.1, 0.15) is 5.60 Å². The summed E-state index contributed by atoms with van der Waals surface area (Å²) in [4.78, 5) is 0.338. The van der Waals surface area contributed by atoms with E-state index < -0.39 is 18.2 Å². The Labute approximate surface area is 77.8 Å². The molecule has 1 aromatic rings. The van der Waals surface area contributed by atoms with E-state index in [2.05, 4.69) is 0 Å². The molecule has 0 aliphatic heterocycles. The molecule has 13 heavy (non-hydrogen) atoms. The number of rotatable bonds is 2. The lowest BCUT2D eigenvalue weighted by Crippen LogP contribution is -2.27. The Bertz CT molecular complexity index is 263. The fourth-order valence-electron chi connectivity index (χ4n) is 1.06. The summed E-state index contributed by atoms with van der Waals surface area (Å²) >= 11 is 1.12.